The number of rotatable bonds is 7. The van der Waals surface area contributed by atoms with E-state index < -0.39 is 0 Å². The molecule has 0 atom stereocenters. The average Bonchev–Trinajstić information content (AvgIpc) is 3.48. The number of nitrogens with one attached hydrogen (secondary N) is 1. The molecule has 130 valence electrons. The van der Waals surface area contributed by atoms with Crippen molar-refractivity contribution < 1.29 is 14.3 Å². The summed E-state index contributed by atoms with van der Waals surface area (Å²) >= 11 is 0. The maximum atomic E-state index is 12.4. The van der Waals surface area contributed by atoms with Crippen LogP contribution >= 0.6 is 0 Å². The van der Waals surface area contributed by atoms with Crippen molar-refractivity contribution in [3.8, 4) is 5.75 Å². The molecule has 1 fully saturated rings. The van der Waals surface area contributed by atoms with Crippen LogP contribution in [0.15, 0.2) is 54.6 Å². The van der Waals surface area contributed by atoms with Crippen molar-refractivity contribution >= 4 is 17.5 Å². The molecule has 5 heteroatoms. The number of benzene rings is 2. The molecule has 0 spiro atoms. The first kappa shape index (κ1) is 17.0. The second kappa shape index (κ2) is 7.83. The van der Waals surface area contributed by atoms with Gasteiger partial charge in [0, 0.05) is 24.2 Å². The van der Waals surface area contributed by atoms with Crippen molar-refractivity contribution in [1.29, 1.82) is 0 Å². The van der Waals surface area contributed by atoms with Gasteiger partial charge in [-0.1, -0.05) is 18.2 Å². The second-order valence-electron chi connectivity index (χ2n) is 6.23. The molecule has 0 unspecified atom stereocenters. The van der Waals surface area contributed by atoms with Crippen molar-refractivity contribution in [3.05, 3.63) is 60.2 Å². The molecule has 1 saturated carbocycles. The highest BCUT2D eigenvalue weighted by Crippen LogP contribution is 2.30. The molecule has 2 aromatic carbocycles. The molecule has 5 nitrogen and oxygen atoms in total. The van der Waals surface area contributed by atoms with E-state index in [1.807, 2.05) is 30.3 Å². The van der Waals surface area contributed by atoms with Crippen molar-refractivity contribution in [3.63, 3.8) is 0 Å². The van der Waals surface area contributed by atoms with Crippen LogP contribution in [-0.2, 0) is 4.79 Å². The van der Waals surface area contributed by atoms with Gasteiger partial charge in [0.05, 0.1) is 6.54 Å². The lowest BCUT2D eigenvalue weighted by Crippen LogP contribution is -2.30. The summed E-state index contributed by atoms with van der Waals surface area (Å²) in [5.74, 6) is 0.946. The first-order chi connectivity index (χ1) is 12.1. The maximum absolute atomic E-state index is 12.4. The van der Waals surface area contributed by atoms with Crippen LogP contribution in [0.2, 0.25) is 0 Å². The van der Waals surface area contributed by atoms with E-state index in [0.29, 0.717) is 18.7 Å². The van der Waals surface area contributed by atoms with Crippen LogP contribution < -0.4 is 10.1 Å². The number of carbonyl (C=O) groups is 2. The van der Waals surface area contributed by atoms with Gasteiger partial charge in [0.1, 0.15) is 12.4 Å². The first-order valence-electron chi connectivity index (χ1n) is 8.48. The summed E-state index contributed by atoms with van der Waals surface area (Å²) in [7, 11) is 1.75. The summed E-state index contributed by atoms with van der Waals surface area (Å²) in [5.41, 5.74) is 1.31. The SMILES string of the molecule is CN(CCOc1ccccc1)C(=O)c1ccc(NC(=O)C2CC2)cc1. The van der Waals surface area contributed by atoms with Crippen LogP contribution in [0.25, 0.3) is 0 Å². The fourth-order valence-corrected chi connectivity index (χ4v) is 2.43. The average molecular weight is 338 g/mol. The molecule has 25 heavy (non-hydrogen) atoms. The van der Waals surface area contributed by atoms with E-state index in [0.717, 1.165) is 24.3 Å². The van der Waals surface area contributed by atoms with Crippen LogP contribution in [-0.4, -0.2) is 36.9 Å². The molecule has 1 aliphatic rings. The molecule has 3 rings (SSSR count). The zero-order valence-corrected chi connectivity index (χ0v) is 14.3. The lowest BCUT2D eigenvalue weighted by atomic mass is 10.2. The normalized spacial score (nSPS) is 13.2. The number of hydrogen-bond donors (Lipinski definition) is 1. The minimum atomic E-state index is -0.0725. The van der Waals surface area contributed by atoms with Crippen molar-refractivity contribution in [1.82, 2.24) is 4.90 Å². The summed E-state index contributed by atoms with van der Waals surface area (Å²) in [6, 6.07) is 16.5. The highest BCUT2D eigenvalue weighted by atomic mass is 16.5. The number of likely N-dealkylation sites (N-methyl/N-ethyl adjacent to an activating group) is 1. The Morgan fingerprint density at radius 1 is 1.08 bits per heavy atom. The summed E-state index contributed by atoms with van der Waals surface area (Å²) in [6.45, 7) is 0.926. The van der Waals surface area contributed by atoms with E-state index in [1.54, 1.807) is 36.2 Å². The fraction of sp³-hybridized carbons (Fsp3) is 0.300. The predicted octanol–water partition coefficient (Wildman–Crippen LogP) is 3.19. The topological polar surface area (TPSA) is 58.6 Å². The van der Waals surface area contributed by atoms with Gasteiger partial charge in [0.25, 0.3) is 5.91 Å². The summed E-state index contributed by atoms with van der Waals surface area (Å²) in [4.78, 5) is 25.8. The molecule has 0 saturated heterocycles. The van der Waals surface area contributed by atoms with E-state index >= 15 is 0 Å². The quantitative estimate of drug-likeness (QED) is 0.843. The number of anilines is 1. The molecule has 0 heterocycles. The van der Waals surface area contributed by atoms with Crippen LogP contribution in [0.5, 0.6) is 5.75 Å². The van der Waals surface area contributed by atoms with E-state index in [1.165, 1.54) is 0 Å². The van der Waals surface area contributed by atoms with E-state index in [4.69, 9.17) is 4.74 Å². The molecule has 2 amide bonds. The molecular formula is C20H22N2O3. The monoisotopic (exact) mass is 338 g/mol. The Kier molecular flexibility index (Phi) is 5.33. The van der Waals surface area contributed by atoms with Crippen molar-refractivity contribution in [2.45, 2.75) is 12.8 Å². The van der Waals surface area contributed by atoms with Crippen LogP contribution in [0.4, 0.5) is 5.69 Å². The van der Waals surface area contributed by atoms with Gasteiger partial charge in [0.2, 0.25) is 5.91 Å². The molecule has 1 N–H and O–H groups in total. The Bertz CT molecular complexity index is 724. The molecule has 0 radical (unpaired) electrons. The standard InChI is InChI=1S/C20H22N2O3/c1-22(13-14-25-18-5-3-2-4-6-18)20(24)16-9-11-17(12-10-16)21-19(23)15-7-8-15/h2-6,9-12,15H,7-8,13-14H2,1H3,(H,21,23). The number of carbonyl (C=O) groups excluding carboxylic acids is 2. The first-order valence-corrected chi connectivity index (χ1v) is 8.48. The molecule has 0 bridgehead atoms. The lowest BCUT2D eigenvalue weighted by molar-refractivity contribution is -0.117. The summed E-state index contributed by atoms with van der Waals surface area (Å²) in [5, 5.41) is 2.87. The summed E-state index contributed by atoms with van der Waals surface area (Å²) < 4.78 is 5.61. The zero-order chi connectivity index (χ0) is 17.6. The van der Waals surface area contributed by atoms with Gasteiger partial charge in [-0.25, -0.2) is 0 Å². The van der Waals surface area contributed by atoms with Gasteiger partial charge < -0.3 is 15.0 Å². The van der Waals surface area contributed by atoms with Gasteiger partial charge in [-0.05, 0) is 49.2 Å². The van der Waals surface area contributed by atoms with E-state index in [9.17, 15) is 9.59 Å². The van der Waals surface area contributed by atoms with E-state index in [-0.39, 0.29) is 17.7 Å². The molecule has 0 aromatic heterocycles. The zero-order valence-electron chi connectivity index (χ0n) is 14.3. The van der Waals surface area contributed by atoms with Crippen molar-refractivity contribution in [2.75, 3.05) is 25.5 Å². The van der Waals surface area contributed by atoms with Gasteiger partial charge in [-0.3, -0.25) is 9.59 Å². The Hall–Kier alpha value is -2.82. The van der Waals surface area contributed by atoms with E-state index in [2.05, 4.69) is 5.32 Å². The number of para-hydroxylation sites is 1. The third-order valence-electron chi connectivity index (χ3n) is 4.13. The van der Waals surface area contributed by atoms with Crippen LogP contribution in [0.3, 0.4) is 0 Å². The highest BCUT2D eigenvalue weighted by molar-refractivity contribution is 5.96. The Morgan fingerprint density at radius 3 is 2.40 bits per heavy atom. The Labute approximate surface area is 147 Å². The van der Waals surface area contributed by atoms with Crippen LogP contribution in [0, 0.1) is 5.92 Å². The fourth-order valence-electron chi connectivity index (χ4n) is 2.43. The minimum absolute atomic E-state index is 0.0641. The van der Waals surface area contributed by atoms with Gasteiger partial charge in [-0.2, -0.15) is 0 Å². The van der Waals surface area contributed by atoms with Crippen LogP contribution in [0.1, 0.15) is 23.2 Å². The molecule has 2 aromatic rings. The molecular weight excluding hydrogens is 316 g/mol. The Balaban J connectivity index is 1.48. The Morgan fingerprint density at radius 2 is 1.76 bits per heavy atom. The number of amides is 2. The smallest absolute Gasteiger partial charge is 0.253 e. The number of ether oxygens (including phenoxy) is 1. The van der Waals surface area contributed by atoms with Crippen molar-refractivity contribution in [2.24, 2.45) is 5.92 Å². The third kappa shape index (κ3) is 4.83. The lowest BCUT2D eigenvalue weighted by Gasteiger charge is -2.18. The van der Waals surface area contributed by atoms with Gasteiger partial charge >= 0.3 is 0 Å². The van der Waals surface area contributed by atoms with Gasteiger partial charge in [0.15, 0.2) is 0 Å². The molecule has 0 aliphatic heterocycles. The second-order valence-corrected chi connectivity index (χ2v) is 6.23. The largest absolute Gasteiger partial charge is 0.492 e. The molecule has 1 aliphatic carbocycles. The van der Waals surface area contributed by atoms with Gasteiger partial charge in [-0.15, -0.1) is 0 Å². The summed E-state index contributed by atoms with van der Waals surface area (Å²) in [6.07, 6.45) is 1.94. The predicted molar refractivity (Wildman–Crippen MR) is 96.7 cm³/mol. The highest BCUT2D eigenvalue weighted by Gasteiger charge is 2.29. The third-order valence-corrected chi connectivity index (χ3v) is 4.13. The number of nitrogens with zero attached hydrogens (tertiary/aromatic N) is 1. The number of hydrogen-bond acceptors (Lipinski definition) is 3. The maximum Gasteiger partial charge on any atom is 0.253 e. The minimum Gasteiger partial charge on any atom is -0.492 e.